The highest BCUT2D eigenvalue weighted by molar-refractivity contribution is 6.33. The normalized spacial score (nSPS) is 17.7. The highest BCUT2D eigenvalue weighted by Gasteiger charge is 2.14. The average molecular weight is 253 g/mol. The number of rotatable bonds is 2. The number of morpholine rings is 1. The number of halogens is 1. The van der Waals surface area contributed by atoms with Crippen LogP contribution in [0.25, 0.3) is 5.65 Å². The topological polar surface area (TPSA) is 42.7 Å². The van der Waals surface area contributed by atoms with Gasteiger partial charge < -0.3 is 4.74 Å². The lowest BCUT2D eigenvalue weighted by Gasteiger charge is -2.25. The molecule has 1 aliphatic heterocycles. The maximum atomic E-state index is 6.06. The first-order valence-electron chi connectivity index (χ1n) is 5.63. The number of hydrogen-bond acceptors (Lipinski definition) is 4. The summed E-state index contributed by atoms with van der Waals surface area (Å²) in [7, 11) is 0. The number of nitrogens with zero attached hydrogens (tertiary/aromatic N) is 4. The summed E-state index contributed by atoms with van der Waals surface area (Å²) in [4.78, 5) is 2.31. The van der Waals surface area contributed by atoms with Gasteiger partial charge in [-0.15, -0.1) is 10.2 Å². The van der Waals surface area contributed by atoms with Gasteiger partial charge in [0.1, 0.15) is 0 Å². The van der Waals surface area contributed by atoms with Crippen molar-refractivity contribution in [1.29, 1.82) is 0 Å². The van der Waals surface area contributed by atoms with E-state index in [1.54, 1.807) is 0 Å². The monoisotopic (exact) mass is 252 g/mol. The Morgan fingerprint density at radius 3 is 2.94 bits per heavy atom. The third-order valence-corrected chi connectivity index (χ3v) is 3.22. The van der Waals surface area contributed by atoms with Gasteiger partial charge in [-0.05, 0) is 12.1 Å². The van der Waals surface area contributed by atoms with E-state index in [1.807, 2.05) is 22.7 Å². The molecule has 0 atom stereocenters. The number of ether oxygens (including phenoxy) is 1. The molecule has 0 saturated carbocycles. The summed E-state index contributed by atoms with van der Waals surface area (Å²) in [6.45, 7) is 4.24. The van der Waals surface area contributed by atoms with Crippen LogP contribution in [0.5, 0.6) is 0 Å². The molecule has 6 heteroatoms. The Labute approximate surface area is 104 Å². The molecule has 0 amide bonds. The Hall–Kier alpha value is -1.17. The molecule has 1 fully saturated rings. The first-order chi connectivity index (χ1) is 8.34. The molecular formula is C11H13ClN4O. The van der Waals surface area contributed by atoms with E-state index in [4.69, 9.17) is 16.3 Å². The van der Waals surface area contributed by atoms with Gasteiger partial charge in [-0.3, -0.25) is 9.30 Å². The molecule has 0 aromatic carbocycles. The Morgan fingerprint density at radius 2 is 2.12 bits per heavy atom. The Morgan fingerprint density at radius 1 is 1.29 bits per heavy atom. The van der Waals surface area contributed by atoms with E-state index in [-0.39, 0.29) is 0 Å². The maximum absolute atomic E-state index is 6.06. The molecule has 5 nitrogen and oxygen atoms in total. The SMILES string of the molecule is Clc1cccn2c(CN3CCOCC3)nnc12. The number of aromatic nitrogens is 3. The summed E-state index contributed by atoms with van der Waals surface area (Å²) in [6.07, 6.45) is 1.94. The minimum absolute atomic E-state index is 0.633. The Balaban J connectivity index is 1.87. The predicted octanol–water partition coefficient (Wildman–Crippen LogP) is 1.21. The van der Waals surface area contributed by atoms with Crippen molar-refractivity contribution in [2.45, 2.75) is 6.54 Å². The molecule has 0 spiro atoms. The van der Waals surface area contributed by atoms with Crippen molar-refractivity contribution in [1.82, 2.24) is 19.5 Å². The van der Waals surface area contributed by atoms with Crippen LogP contribution >= 0.6 is 11.6 Å². The van der Waals surface area contributed by atoms with Crippen molar-refractivity contribution >= 4 is 17.2 Å². The fraction of sp³-hybridized carbons (Fsp3) is 0.455. The van der Waals surface area contributed by atoms with Crippen LogP contribution < -0.4 is 0 Å². The summed E-state index contributed by atoms with van der Waals surface area (Å²) in [6, 6.07) is 3.73. The van der Waals surface area contributed by atoms with Crippen molar-refractivity contribution < 1.29 is 4.74 Å². The molecule has 0 aliphatic carbocycles. The van der Waals surface area contributed by atoms with Crippen molar-refractivity contribution in [2.24, 2.45) is 0 Å². The third-order valence-electron chi connectivity index (χ3n) is 2.93. The molecule has 1 aliphatic rings. The van der Waals surface area contributed by atoms with Gasteiger partial charge in [-0.25, -0.2) is 0 Å². The lowest BCUT2D eigenvalue weighted by Crippen LogP contribution is -2.36. The average Bonchev–Trinajstić information content (AvgIpc) is 2.76. The summed E-state index contributed by atoms with van der Waals surface area (Å²) >= 11 is 6.06. The van der Waals surface area contributed by atoms with Gasteiger partial charge in [-0.1, -0.05) is 11.6 Å². The van der Waals surface area contributed by atoms with Crippen LogP contribution in [-0.4, -0.2) is 45.8 Å². The van der Waals surface area contributed by atoms with E-state index < -0.39 is 0 Å². The standard InChI is InChI=1S/C11H13ClN4O/c12-9-2-1-3-16-10(13-14-11(9)16)8-15-4-6-17-7-5-15/h1-3H,4-8H2. The predicted molar refractivity (Wildman–Crippen MR) is 64.1 cm³/mol. The largest absolute Gasteiger partial charge is 0.379 e. The summed E-state index contributed by atoms with van der Waals surface area (Å²) < 4.78 is 7.26. The molecule has 1 saturated heterocycles. The van der Waals surface area contributed by atoms with E-state index in [9.17, 15) is 0 Å². The zero-order valence-corrected chi connectivity index (χ0v) is 10.1. The second-order valence-electron chi connectivity index (χ2n) is 4.05. The van der Waals surface area contributed by atoms with Crippen LogP contribution in [-0.2, 0) is 11.3 Å². The maximum Gasteiger partial charge on any atom is 0.179 e. The molecule has 90 valence electrons. The zero-order valence-electron chi connectivity index (χ0n) is 9.34. The molecule has 0 unspecified atom stereocenters. The Kier molecular flexibility index (Phi) is 2.96. The van der Waals surface area contributed by atoms with Gasteiger partial charge in [0.15, 0.2) is 11.5 Å². The highest BCUT2D eigenvalue weighted by Crippen LogP contribution is 2.16. The molecular weight excluding hydrogens is 240 g/mol. The van der Waals surface area contributed by atoms with E-state index >= 15 is 0 Å². The van der Waals surface area contributed by atoms with E-state index in [0.717, 1.165) is 44.3 Å². The van der Waals surface area contributed by atoms with Crippen molar-refractivity contribution in [2.75, 3.05) is 26.3 Å². The number of pyridine rings is 1. The summed E-state index contributed by atoms with van der Waals surface area (Å²) in [5.41, 5.74) is 0.720. The summed E-state index contributed by atoms with van der Waals surface area (Å²) in [5, 5.41) is 8.94. The molecule has 3 rings (SSSR count). The first kappa shape index (κ1) is 11.0. The van der Waals surface area contributed by atoms with Crippen LogP contribution in [0.3, 0.4) is 0 Å². The van der Waals surface area contributed by atoms with Crippen LogP contribution in [0.2, 0.25) is 5.02 Å². The van der Waals surface area contributed by atoms with Crippen LogP contribution in [0.4, 0.5) is 0 Å². The highest BCUT2D eigenvalue weighted by atomic mass is 35.5. The van der Waals surface area contributed by atoms with E-state index in [0.29, 0.717) is 5.02 Å². The van der Waals surface area contributed by atoms with Gasteiger partial charge in [0.25, 0.3) is 0 Å². The molecule has 3 heterocycles. The zero-order chi connectivity index (χ0) is 11.7. The third kappa shape index (κ3) is 2.13. The smallest absolute Gasteiger partial charge is 0.179 e. The van der Waals surface area contributed by atoms with Gasteiger partial charge in [0.2, 0.25) is 0 Å². The van der Waals surface area contributed by atoms with Crippen molar-refractivity contribution in [3.05, 3.63) is 29.2 Å². The molecule has 17 heavy (non-hydrogen) atoms. The van der Waals surface area contributed by atoms with Gasteiger partial charge >= 0.3 is 0 Å². The summed E-state index contributed by atoms with van der Waals surface area (Å²) in [5.74, 6) is 0.921. The van der Waals surface area contributed by atoms with E-state index in [1.165, 1.54) is 0 Å². The van der Waals surface area contributed by atoms with Crippen LogP contribution in [0.1, 0.15) is 5.82 Å². The van der Waals surface area contributed by atoms with Gasteiger partial charge in [-0.2, -0.15) is 0 Å². The van der Waals surface area contributed by atoms with E-state index in [2.05, 4.69) is 15.1 Å². The number of fused-ring (bicyclic) bond motifs is 1. The first-order valence-corrected chi connectivity index (χ1v) is 6.00. The fourth-order valence-electron chi connectivity index (χ4n) is 2.00. The molecule has 2 aromatic rings. The van der Waals surface area contributed by atoms with Crippen molar-refractivity contribution in [3.63, 3.8) is 0 Å². The fourth-order valence-corrected chi connectivity index (χ4v) is 2.20. The molecule has 0 radical (unpaired) electrons. The van der Waals surface area contributed by atoms with Gasteiger partial charge in [0, 0.05) is 19.3 Å². The lowest BCUT2D eigenvalue weighted by molar-refractivity contribution is 0.0329. The second-order valence-corrected chi connectivity index (χ2v) is 4.46. The van der Waals surface area contributed by atoms with Crippen LogP contribution in [0, 0.1) is 0 Å². The van der Waals surface area contributed by atoms with Crippen LogP contribution in [0.15, 0.2) is 18.3 Å². The molecule has 0 bridgehead atoms. The second kappa shape index (κ2) is 4.60. The molecule has 0 N–H and O–H groups in total. The quantitative estimate of drug-likeness (QED) is 0.806. The number of hydrogen-bond donors (Lipinski definition) is 0. The lowest BCUT2D eigenvalue weighted by atomic mass is 10.4. The van der Waals surface area contributed by atoms with Gasteiger partial charge in [0.05, 0.1) is 24.8 Å². The minimum Gasteiger partial charge on any atom is -0.379 e. The van der Waals surface area contributed by atoms with Crippen molar-refractivity contribution in [3.8, 4) is 0 Å². The Bertz CT molecular complexity index is 521. The molecule has 2 aromatic heterocycles. The minimum atomic E-state index is 0.633.